The van der Waals surface area contributed by atoms with Gasteiger partial charge < -0.3 is 10.6 Å². The van der Waals surface area contributed by atoms with Crippen LogP contribution in [0.5, 0.6) is 0 Å². The highest BCUT2D eigenvalue weighted by Gasteiger charge is 2.28. The molecule has 0 saturated carbocycles. The Labute approximate surface area is 107 Å². The average molecular weight is 250 g/mol. The van der Waals surface area contributed by atoms with Gasteiger partial charge in [-0.25, -0.2) is 4.39 Å². The van der Waals surface area contributed by atoms with Crippen molar-refractivity contribution in [1.82, 2.24) is 5.32 Å². The predicted molar refractivity (Wildman–Crippen MR) is 69.9 cm³/mol. The normalized spacial score (nSPS) is 23.7. The molecule has 3 nitrogen and oxygen atoms in total. The number of piperidine rings is 1. The maximum atomic E-state index is 13.8. The topological polar surface area (TPSA) is 41.1 Å². The first-order valence-electron chi connectivity index (χ1n) is 6.36. The van der Waals surface area contributed by atoms with E-state index in [-0.39, 0.29) is 29.2 Å². The molecule has 1 saturated heterocycles. The minimum atomic E-state index is -0.340. The number of rotatable bonds is 2. The van der Waals surface area contributed by atoms with E-state index < -0.39 is 0 Å². The summed E-state index contributed by atoms with van der Waals surface area (Å²) in [4.78, 5) is 12.1. The van der Waals surface area contributed by atoms with Gasteiger partial charge in [0.05, 0.1) is 5.69 Å². The number of hydrogen-bond acceptors (Lipinski definition) is 2. The van der Waals surface area contributed by atoms with Gasteiger partial charge in [0.2, 0.25) is 5.91 Å². The second-order valence-electron chi connectivity index (χ2n) is 5.00. The zero-order valence-electron chi connectivity index (χ0n) is 10.8. The molecule has 1 aliphatic rings. The van der Waals surface area contributed by atoms with Crippen molar-refractivity contribution in [2.45, 2.75) is 20.3 Å². The number of carbonyl (C=O) groups excluding carboxylic acids is 1. The minimum absolute atomic E-state index is 0.0360. The predicted octanol–water partition coefficient (Wildman–Crippen LogP) is 2.32. The summed E-state index contributed by atoms with van der Waals surface area (Å²) in [5.74, 6) is -0.168. The molecule has 1 aliphatic heterocycles. The van der Waals surface area contributed by atoms with E-state index in [9.17, 15) is 9.18 Å². The molecule has 0 spiro atoms. The van der Waals surface area contributed by atoms with Crippen LogP contribution in [0.2, 0.25) is 0 Å². The second kappa shape index (κ2) is 5.48. The standard InChI is InChI=1S/C14H19FN2O/c1-9-4-3-5-12(13(9)15)17-14(18)11-6-7-16-8-10(11)2/h3-5,10-11,16H,6-8H2,1-2H3,(H,17,18). The Morgan fingerprint density at radius 1 is 1.50 bits per heavy atom. The Kier molecular flexibility index (Phi) is 3.97. The first kappa shape index (κ1) is 13.0. The molecule has 0 bridgehead atoms. The number of nitrogens with one attached hydrogen (secondary N) is 2. The average Bonchev–Trinajstić information content (AvgIpc) is 2.35. The smallest absolute Gasteiger partial charge is 0.227 e. The molecule has 0 aromatic heterocycles. The van der Waals surface area contributed by atoms with Crippen LogP contribution in [0.1, 0.15) is 18.9 Å². The Hall–Kier alpha value is -1.42. The Balaban J connectivity index is 2.09. The van der Waals surface area contributed by atoms with Gasteiger partial charge >= 0.3 is 0 Å². The summed E-state index contributed by atoms with van der Waals surface area (Å²) < 4.78 is 13.8. The second-order valence-corrected chi connectivity index (χ2v) is 5.00. The molecular weight excluding hydrogens is 231 g/mol. The lowest BCUT2D eigenvalue weighted by molar-refractivity contribution is -0.122. The van der Waals surface area contributed by atoms with E-state index in [0.717, 1.165) is 19.5 Å². The van der Waals surface area contributed by atoms with Gasteiger partial charge in [0.1, 0.15) is 5.82 Å². The van der Waals surface area contributed by atoms with Crippen LogP contribution >= 0.6 is 0 Å². The molecule has 1 aromatic rings. The van der Waals surface area contributed by atoms with Gasteiger partial charge in [-0.3, -0.25) is 4.79 Å². The van der Waals surface area contributed by atoms with Gasteiger partial charge in [-0.2, -0.15) is 0 Å². The van der Waals surface area contributed by atoms with Crippen molar-refractivity contribution < 1.29 is 9.18 Å². The van der Waals surface area contributed by atoms with Gasteiger partial charge in [-0.05, 0) is 44.0 Å². The zero-order valence-corrected chi connectivity index (χ0v) is 10.8. The highest BCUT2D eigenvalue weighted by atomic mass is 19.1. The number of anilines is 1. The molecule has 1 amide bonds. The van der Waals surface area contributed by atoms with Crippen molar-refractivity contribution in [1.29, 1.82) is 0 Å². The van der Waals surface area contributed by atoms with E-state index in [1.807, 2.05) is 6.92 Å². The molecule has 2 atom stereocenters. The van der Waals surface area contributed by atoms with E-state index in [1.165, 1.54) is 0 Å². The molecule has 1 aromatic carbocycles. The molecule has 18 heavy (non-hydrogen) atoms. The first-order chi connectivity index (χ1) is 8.59. The maximum absolute atomic E-state index is 13.8. The van der Waals surface area contributed by atoms with Crippen molar-refractivity contribution in [2.75, 3.05) is 18.4 Å². The third kappa shape index (κ3) is 2.70. The molecule has 2 unspecified atom stereocenters. The van der Waals surface area contributed by atoms with Crippen LogP contribution in [-0.2, 0) is 4.79 Å². The van der Waals surface area contributed by atoms with Crippen molar-refractivity contribution in [3.63, 3.8) is 0 Å². The number of amides is 1. The molecule has 0 aliphatic carbocycles. The summed E-state index contributed by atoms with van der Waals surface area (Å²) in [7, 11) is 0. The van der Waals surface area contributed by atoms with Crippen LogP contribution in [0.4, 0.5) is 10.1 Å². The van der Waals surface area contributed by atoms with E-state index in [1.54, 1.807) is 25.1 Å². The monoisotopic (exact) mass is 250 g/mol. The zero-order chi connectivity index (χ0) is 13.1. The summed E-state index contributed by atoms with van der Waals surface area (Å²) in [5.41, 5.74) is 0.830. The molecule has 2 rings (SSSR count). The van der Waals surface area contributed by atoms with Crippen molar-refractivity contribution in [2.24, 2.45) is 11.8 Å². The van der Waals surface area contributed by atoms with E-state index >= 15 is 0 Å². The van der Waals surface area contributed by atoms with Gasteiger partial charge in [0.15, 0.2) is 0 Å². The Bertz CT molecular complexity index is 447. The number of hydrogen-bond donors (Lipinski definition) is 2. The Morgan fingerprint density at radius 3 is 3.00 bits per heavy atom. The van der Waals surface area contributed by atoms with Gasteiger partial charge in [0.25, 0.3) is 0 Å². The van der Waals surface area contributed by atoms with Crippen LogP contribution in [0.15, 0.2) is 18.2 Å². The van der Waals surface area contributed by atoms with Crippen LogP contribution in [0, 0.1) is 24.6 Å². The lowest BCUT2D eigenvalue weighted by atomic mass is 9.87. The number of aryl methyl sites for hydroxylation is 1. The van der Waals surface area contributed by atoms with Crippen LogP contribution in [0.25, 0.3) is 0 Å². The number of benzene rings is 1. The fraction of sp³-hybridized carbons (Fsp3) is 0.500. The number of carbonyl (C=O) groups is 1. The Morgan fingerprint density at radius 2 is 2.28 bits per heavy atom. The van der Waals surface area contributed by atoms with Gasteiger partial charge in [-0.15, -0.1) is 0 Å². The largest absolute Gasteiger partial charge is 0.323 e. The lowest BCUT2D eigenvalue weighted by Crippen LogP contribution is -2.41. The van der Waals surface area contributed by atoms with Gasteiger partial charge in [0, 0.05) is 5.92 Å². The molecule has 98 valence electrons. The highest BCUT2D eigenvalue weighted by Crippen LogP contribution is 2.23. The first-order valence-corrected chi connectivity index (χ1v) is 6.36. The van der Waals surface area contributed by atoms with Crippen molar-refractivity contribution in [3.05, 3.63) is 29.6 Å². The summed E-state index contributed by atoms with van der Waals surface area (Å²) in [5, 5.41) is 5.96. The van der Waals surface area contributed by atoms with E-state index in [4.69, 9.17) is 0 Å². The summed E-state index contributed by atoms with van der Waals surface area (Å²) in [6.45, 7) is 5.42. The highest BCUT2D eigenvalue weighted by molar-refractivity contribution is 5.93. The summed E-state index contributed by atoms with van der Waals surface area (Å²) >= 11 is 0. The van der Waals surface area contributed by atoms with E-state index in [2.05, 4.69) is 10.6 Å². The van der Waals surface area contributed by atoms with Crippen LogP contribution in [-0.4, -0.2) is 19.0 Å². The SMILES string of the molecule is Cc1cccc(NC(=O)C2CCNCC2C)c1F. The molecule has 2 N–H and O–H groups in total. The summed E-state index contributed by atoms with van der Waals surface area (Å²) in [6, 6.07) is 5.05. The molecular formula is C14H19FN2O. The lowest BCUT2D eigenvalue weighted by Gasteiger charge is -2.28. The van der Waals surface area contributed by atoms with E-state index in [0.29, 0.717) is 5.56 Å². The molecule has 1 fully saturated rings. The molecule has 1 heterocycles. The fourth-order valence-electron chi connectivity index (χ4n) is 2.37. The van der Waals surface area contributed by atoms with Crippen LogP contribution in [0.3, 0.4) is 0 Å². The van der Waals surface area contributed by atoms with Crippen LogP contribution < -0.4 is 10.6 Å². The molecule has 4 heteroatoms. The molecule has 0 radical (unpaired) electrons. The van der Waals surface area contributed by atoms with Crippen molar-refractivity contribution in [3.8, 4) is 0 Å². The van der Waals surface area contributed by atoms with Crippen molar-refractivity contribution >= 4 is 11.6 Å². The third-order valence-corrected chi connectivity index (χ3v) is 3.57. The maximum Gasteiger partial charge on any atom is 0.227 e. The third-order valence-electron chi connectivity index (χ3n) is 3.57. The fourth-order valence-corrected chi connectivity index (χ4v) is 2.37. The number of halogens is 1. The quantitative estimate of drug-likeness (QED) is 0.845. The van der Waals surface area contributed by atoms with Gasteiger partial charge in [-0.1, -0.05) is 19.1 Å². The minimum Gasteiger partial charge on any atom is -0.323 e. The summed E-state index contributed by atoms with van der Waals surface area (Å²) in [6.07, 6.45) is 0.806.